The molecule has 3 aromatic rings. The fourth-order valence-corrected chi connectivity index (χ4v) is 5.80. The predicted molar refractivity (Wildman–Crippen MR) is 129 cm³/mol. The van der Waals surface area contributed by atoms with Crippen molar-refractivity contribution in [2.24, 2.45) is 0 Å². The first-order chi connectivity index (χ1) is 15.1. The van der Waals surface area contributed by atoms with Gasteiger partial charge in [0.2, 0.25) is 5.91 Å². The van der Waals surface area contributed by atoms with Crippen LogP contribution in [0, 0.1) is 5.82 Å². The lowest BCUT2D eigenvalue weighted by molar-refractivity contribution is -0.120. The Morgan fingerprint density at radius 1 is 1.15 bits per heavy atom. The van der Waals surface area contributed by atoms with Gasteiger partial charge in [0.15, 0.2) is 0 Å². The van der Waals surface area contributed by atoms with Crippen LogP contribution in [0.3, 0.4) is 0 Å². The zero-order valence-electron chi connectivity index (χ0n) is 17.9. The summed E-state index contributed by atoms with van der Waals surface area (Å²) in [4.78, 5) is 17.4. The normalized spacial score (nSPS) is 22.8. The second kappa shape index (κ2) is 8.51. The van der Waals surface area contributed by atoms with Gasteiger partial charge in [0, 0.05) is 29.3 Å². The smallest absolute Gasteiger partial charge is 0.236 e. The number of aliphatic hydroxyl groups excluding tert-OH is 1. The van der Waals surface area contributed by atoms with Crippen LogP contribution in [0.2, 0.25) is 0 Å². The van der Waals surface area contributed by atoms with E-state index >= 15 is 0 Å². The summed E-state index contributed by atoms with van der Waals surface area (Å²) in [6.07, 6.45) is 5.98. The minimum atomic E-state index is -0.625. The van der Waals surface area contributed by atoms with Crippen LogP contribution in [0.1, 0.15) is 37.7 Å². The second-order valence-electron chi connectivity index (χ2n) is 9.06. The van der Waals surface area contributed by atoms with Gasteiger partial charge >= 0.3 is 0 Å². The van der Waals surface area contributed by atoms with E-state index in [4.69, 9.17) is 5.10 Å². The molecule has 2 fully saturated rings. The summed E-state index contributed by atoms with van der Waals surface area (Å²) in [5.74, 6) is 0.276. The van der Waals surface area contributed by atoms with Crippen LogP contribution < -0.4 is 10.6 Å². The van der Waals surface area contributed by atoms with Gasteiger partial charge in [-0.3, -0.25) is 9.48 Å². The van der Waals surface area contributed by atoms with Crippen LogP contribution in [0.4, 0.5) is 10.2 Å². The second-order valence-corrected chi connectivity index (χ2v) is 9.06. The summed E-state index contributed by atoms with van der Waals surface area (Å²) >= 11 is 0. The third-order valence-corrected chi connectivity index (χ3v) is 7.42. The number of amides is 1. The Bertz CT molecular complexity index is 1220. The Morgan fingerprint density at radius 2 is 1.94 bits per heavy atom. The molecule has 1 saturated heterocycles. The van der Waals surface area contributed by atoms with E-state index in [2.05, 4.69) is 15.6 Å². The molecule has 7 nitrogen and oxygen atoms in total. The van der Waals surface area contributed by atoms with E-state index in [-0.39, 0.29) is 43.1 Å². The van der Waals surface area contributed by atoms with Crippen molar-refractivity contribution in [3.8, 4) is 11.3 Å². The van der Waals surface area contributed by atoms with Crippen molar-refractivity contribution in [3.05, 3.63) is 41.8 Å². The molecule has 176 valence electrons. The van der Waals surface area contributed by atoms with Gasteiger partial charge in [0.05, 0.1) is 23.1 Å². The van der Waals surface area contributed by atoms with E-state index < -0.39 is 11.0 Å². The quantitative estimate of drug-likeness (QED) is 0.518. The summed E-state index contributed by atoms with van der Waals surface area (Å²) in [7, 11) is 0. The molecule has 1 aromatic carbocycles. The molecule has 2 aliphatic heterocycles. The molecule has 4 heterocycles. The van der Waals surface area contributed by atoms with Crippen molar-refractivity contribution in [1.82, 2.24) is 20.1 Å². The van der Waals surface area contributed by atoms with E-state index in [1.54, 1.807) is 16.9 Å². The van der Waals surface area contributed by atoms with Gasteiger partial charge in [-0.05, 0) is 50.1 Å². The first kappa shape index (κ1) is 23.9. The lowest BCUT2D eigenvalue weighted by Gasteiger charge is -2.27. The molecule has 0 radical (unpaired) electrons. The van der Waals surface area contributed by atoms with E-state index in [0.29, 0.717) is 30.0 Å². The molecule has 10 heteroatoms. The van der Waals surface area contributed by atoms with Gasteiger partial charge in [0.1, 0.15) is 17.3 Å². The molecular weight excluding hydrogens is 468 g/mol. The van der Waals surface area contributed by atoms with E-state index in [1.807, 2.05) is 6.07 Å². The number of anilines is 1. The average molecular weight is 494 g/mol. The zero-order chi connectivity index (χ0) is 21.2. The summed E-state index contributed by atoms with van der Waals surface area (Å²) in [6, 6.07) is 6.58. The van der Waals surface area contributed by atoms with E-state index in [0.717, 1.165) is 48.7 Å². The van der Waals surface area contributed by atoms with Gasteiger partial charge in [-0.2, -0.15) is 5.10 Å². The molecule has 0 bridgehead atoms. The minimum Gasteiger partial charge on any atom is -0.394 e. The molecule has 33 heavy (non-hydrogen) atoms. The van der Waals surface area contributed by atoms with Crippen LogP contribution in [0.15, 0.2) is 30.5 Å². The molecule has 2 aromatic heterocycles. The third-order valence-electron chi connectivity index (χ3n) is 7.42. The number of carbonyl (C=O) groups excluding carboxylic acids is 1. The van der Waals surface area contributed by atoms with Gasteiger partial charge in [-0.25, -0.2) is 9.37 Å². The lowest BCUT2D eigenvalue weighted by Crippen LogP contribution is -2.40. The topological polar surface area (TPSA) is 92.1 Å². The van der Waals surface area contributed by atoms with Gasteiger partial charge in [-0.15, -0.1) is 24.8 Å². The van der Waals surface area contributed by atoms with Gasteiger partial charge in [0.25, 0.3) is 0 Å². The molecule has 1 saturated carbocycles. The number of aromatic nitrogens is 3. The predicted octanol–water partition coefficient (Wildman–Crippen LogP) is 3.53. The van der Waals surface area contributed by atoms with Crippen molar-refractivity contribution < 1.29 is 14.3 Å². The van der Waals surface area contributed by atoms with Gasteiger partial charge in [-0.1, -0.05) is 12.8 Å². The SMILES string of the molecule is Cl.Cl.O=C1Nc2nccc(-c3nn(C4(CO)CCNC4)c4cc(F)ccc34)c2C12CCCC2. The fourth-order valence-electron chi connectivity index (χ4n) is 5.80. The first-order valence-corrected chi connectivity index (χ1v) is 10.9. The number of nitrogens with zero attached hydrogens (tertiary/aromatic N) is 3. The van der Waals surface area contributed by atoms with Crippen LogP contribution in [-0.2, 0) is 15.7 Å². The summed E-state index contributed by atoms with van der Waals surface area (Å²) in [6.45, 7) is 1.23. The van der Waals surface area contributed by atoms with Crippen LogP contribution in [0.25, 0.3) is 22.2 Å². The number of nitrogens with one attached hydrogen (secondary N) is 2. The fraction of sp³-hybridized carbons (Fsp3) is 0.435. The highest BCUT2D eigenvalue weighted by molar-refractivity contribution is 6.09. The largest absolute Gasteiger partial charge is 0.394 e. The number of benzene rings is 1. The molecule has 1 amide bonds. The summed E-state index contributed by atoms with van der Waals surface area (Å²) in [5, 5.41) is 22.3. The highest BCUT2D eigenvalue weighted by Gasteiger charge is 2.51. The van der Waals surface area contributed by atoms with Crippen LogP contribution in [0.5, 0.6) is 0 Å². The number of aliphatic hydroxyl groups is 1. The third kappa shape index (κ3) is 3.26. The van der Waals surface area contributed by atoms with Crippen molar-refractivity contribution in [1.29, 1.82) is 0 Å². The molecule has 1 spiro atoms. The van der Waals surface area contributed by atoms with E-state index in [1.165, 1.54) is 12.1 Å². The summed E-state index contributed by atoms with van der Waals surface area (Å²) in [5.41, 5.74) is 1.93. The molecule has 3 N–H and O–H groups in total. The maximum atomic E-state index is 14.3. The van der Waals surface area contributed by atoms with Crippen LogP contribution in [-0.4, -0.2) is 45.5 Å². The highest BCUT2D eigenvalue weighted by Crippen LogP contribution is 2.52. The monoisotopic (exact) mass is 493 g/mol. The number of halogens is 3. The maximum absolute atomic E-state index is 14.3. The summed E-state index contributed by atoms with van der Waals surface area (Å²) < 4.78 is 16.1. The van der Waals surface area contributed by atoms with Gasteiger partial charge < -0.3 is 15.7 Å². The number of hydrogen-bond donors (Lipinski definition) is 3. The Kier molecular flexibility index (Phi) is 6.16. The van der Waals surface area contributed by atoms with Crippen molar-refractivity contribution in [2.75, 3.05) is 25.0 Å². The highest BCUT2D eigenvalue weighted by atomic mass is 35.5. The Morgan fingerprint density at radius 3 is 2.64 bits per heavy atom. The maximum Gasteiger partial charge on any atom is 0.236 e. The number of hydrogen-bond acceptors (Lipinski definition) is 5. The van der Waals surface area contributed by atoms with Crippen molar-refractivity contribution >= 4 is 47.4 Å². The minimum absolute atomic E-state index is 0. The zero-order valence-corrected chi connectivity index (χ0v) is 19.6. The lowest BCUT2D eigenvalue weighted by atomic mass is 9.78. The Labute approximate surface area is 203 Å². The molecule has 1 aliphatic carbocycles. The molecule has 1 atom stereocenters. The van der Waals surface area contributed by atoms with Crippen molar-refractivity contribution in [2.45, 2.75) is 43.1 Å². The number of fused-ring (bicyclic) bond motifs is 3. The number of pyridine rings is 1. The molecular formula is C23H26Cl2FN5O2. The number of carbonyl (C=O) groups is 1. The number of rotatable bonds is 3. The molecule has 6 rings (SSSR count). The first-order valence-electron chi connectivity index (χ1n) is 10.9. The Balaban J connectivity index is 0.00000130. The standard InChI is InChI=1S/C23H24FN5O2.2ClH/c24-14-3-4-15-17(11-14)29(22(13-30)8-10-25-12-22)28-19(15)16-5-9-26-20-18(16)23(21(31)27-20)6-1-2-7-23;;/h3-5,9,11,25,30H,1-2,6-8,10,12-13H2,(H,26,27,31);2*1H. The van der Waals surface area contributed by atoms with E-state index in [9.17, 15) is 14.3 Å². The Hall–Kier alpha value is -2.26. The molecule has 3 aliphatic rings. The average Bonchev–Trinajstić information content (AvgIpc) is 3.55. The van der Waals surface area contributed by atoms with Crippen molar-refractivity contribution in [3.63, 3.8) is 0 Å². The molecule has 1 unspecified atom stereocenters. The van der Waals surface area contributed by atoms with Crippen LogP contribution >= 0.6 is 24.8 Å².